The van der Waals surface area contributed by atoms with E-state index >= 15 is 0 Å². The van der Waals surface area contributed by atoms with Crippen LogP contribution in [0.4, 0.5) is 0 Å². The minimum Gasteiger partial charge on any atom is -0.744 e. The van der Waals surface area contributed by atoms with Crippen molar-refractivity contribution in [2.24, 2.45) is 0 Å². The van der Waals surface area contributed by atoms with Crippen LogP contribution in [0.5, 0.6) is 0 Å². The van der Waals surface area contributed by atoms with E-state index in [1.807, 2.05) is 0 Å². The van der Waals surface area contributed by atoms with Crippen molar-refractivity contribution >= 4 is 39.1 Å². The Kier molecular flexibility index (Phi) is 6.43. The predicted octanol–water partition coefficient (Wildman–Crippen LogP) is 0.133. The van der Waals surface area contributed by atoms with E-state index in [-0.39, 0.29) is 45.7 Å². The topological polar surface area (TPSA) is 74.3 Å². The Morgan fingerprint density at radius 2 is 1.57 bits per heavy atom. The Morgan fingerprint density at radius 1 is 1.00 bits per heavy atom. The third kappa shape index (κ3) is 4.53. The molecule has 0 aromatic heterocycles. The van der Waals surface area contributed by atoms with Gasteiger partial charge in [0.1, 0.15) is 10.1 Å². The fraction of sp³-hybridized carbons (Fsp3) is 0. The standard InChI is InChI=1S/C13H8Cl2O4S.Na/c14-9-3-6-12(15)11(7-9)13(16)8-1-4-10(5-2-8)20(17,18)19;/h1-7H,(H,17,18,19);/q;+1/p-1. The molecule has 0 spiro atoms. The Morgan fingerprint density at radius 3 is 2.10 bits per heavy atom. The second kappa shape index (κ2) is 7.24. The molecule has 2 rings (SSSR count). The molecule has 4 nitrogen and oxygen atoms in total. The van der Waals surface area contributed by atoms with Crippen molar-refractivity contribution < 1.29 is 47.3 Å². The molecule has 0 amide bonds. The van der Waals surface area contributed by atoms with Crippen LogP contribution in [0.15, 0.2) is 47.4 Å². The van der Waals surface area contributed by atoms with Crippen LogP contribution in [-0.4, -0.2) is 18.8 Å². The first-order chi connectivity index (χ1) is 9.29. The zero-order valence-corrected chi connectivity index (χ0v) is 15.2. The van der Waals surface area contributed by atoms with Crippen LogP contribution in [0.3, 0.4) is 0 Å². The number of hydrogen-bond donors (Lipinski definition) is 0. The summed E-state index contributed by atoms with van der Waals surface area (Å²) >= 11 is 11.7. The number of ketones is 1. The van der Waals surface area contributed by atoms with Crippen LogP contribution >= 0.6 is 23.2 Å². The van der Waals surface area contributed by atoms with Crippen LogP contribution in [0, 0.1) is 0 Å². The van der Waals surface area contributed by atoms with Crippen molar-refractivity contribution in [3.8, 4) is 0 Å². The van der Waals surface area contributed by atoms with Gasteiger partial charge >= 0.3 is 29.6 Å². The fourth-order valence-electron chi connectivity index (χ4n) is 1.60. The van der Waals surface area contributed by atoms with Gasteiger partial charge in [0, 0.05) is 16.1 Å². The number of rotatable bonds is 3. The molecule has 0 unspecified atom stereocenters. The number of benzene rings is 2. The van der Waals surface area contributed by atoms with Gasteiger partial charge in [0.05, 0.1) is 9.92 Å². The molecular weight excluding hydrogens is 346 g/mol. The molecule has 0 saturated carbocycles. The van der Waals surface area contributed by atoms with E-state index in [0.717, 1.165) is 12.1 Å². The second-order valence-corrected chi connectivity index (χ2v) is 6.16. The number of hydrogen-bond acceptors (Lipinski definition) is 4. The molecule has 0 aliphatic rings. The van der Waals surface area contributed by atoms with Crippen molar-refractivity contribution in [1.29, 1.82) is 0 Å². The summed E-state index contributed by atoms with van der Waals surface area (Å²) in [5, 5.41) is 0.594. The zero-order chi connectivity index (χ0) is 14.9. The van der Waals surface area contributed by atoms with Crippen LogP contribution < -0.4 is 29.6 Å². The van der Waals surface area contributed by atoms with Crippen LogP contribution in [-0.2, 0) is 10.1 Å². The van der Waals surface area contributed by atoms with E-state index in [0.29, 0.717) is 5.02 Å². The molecule has 0 bridgehead atoms. The molecule has 0 N–H and O–H groups in total. The molecule has 0 fully saturated rings. The molecule has 2 aromatic carbocycles. The van der Waals surface area contributed by atoms with Crippen molar-refractivity contribution in [3.63, 3.8) is 0 Å². The maximum atomic E-state index is 12.2. The van der Waals surface area contributed by atoms with Gasteiger partial charge in [-0.25, -0.2) is 8.42 Å². The molecule has 0 atom stereocenters. The third-order valence-corrected chi connectivity index (χ3v) is 3.99. The average Bonchev–Trinajstić information content (AvgIpc) is 2.40. The first-order valence-electron chi connectivity index (χ1n) is 5.35. The maximum Gasteiger partial charge on any atom is 1.00 e. The summed E-state index contributed by atoms with van der Waals surface area (Å²) in [6, 6.07) is 9.13. The quantitative estimate of drug-likeness (QED) is 0.447. The molecular formula is C13H7Cl2NaO4S. The van der Waals surface area contributed by atoms with Gasteiger partial charge in [-0.3, -0.25) is 4.79 Å². The van der Waals surface area contributed by atoms with Crippen LogP contribution in [0.25, 0.3) is 0 Å². The van der Waals surface area contributed by atoms with Gasteiger partial charge in [0.25, 0.3) is 0 Å². The van der Waals surface area contributed by atoms with E-state index in [2.05, 4.69) is 0 Å². The first-order valence-corrected chi connectivity index (χ1v) is 7.51. The largest absolute Gasteiger partial charge is 1.00 e. The van der Waals surface area contributed by atoms with Gasteiger partial charge in [0.2, 0.25) is 0 Å². The van der Waals surface area contributed by atoms with E-state index in [1.54, 1.807) is 6.07 Å². The van der Waals surface area contributed by atoms with Crippen molar-refractivity contribution in [2.75, 3.05) is 0 Å². The molecule has 0 heterocycles. The van der Waals surface area contributed by atoms with E-state index < -0.39 is 20.8 Å². The van der Waals surface area contributed by atoms with E-state index in [4.69, 9.17) is 23.2 Å². The Labute approximate surface area is 154 Å². The maximum absolute atomic E-state index is 12.2. The molecule has 8 heteroatoms. The molecule has 0 radical (unpaired) electrons. The Balaban J connectivity index is 0.00000220. The Bertz CT molecular complexity index is 773. The second-order valence-electron chi connectivity index (χ2n) is 3.93. The van der Waals surface area contributed by atoms with Gasteiger partial charge in [-0.05, 0) is 42.5 Å². The molecule has 104 valence electrons. The van der Waals surface area contributed by atoms with Crippen molar-refractivity contribution in [1.82, 2.24) is 0 Å². The van der Waals surface area contributed by atoms with Crippen molar-refractivity contribution in [3.05, 3.63) is 63.6 Å². The van der Waals surface area contributed by atoms with Gasteiger partial charge < -0.3 is 4.55 Å². The summed E-state index contributed by atoms with van der Waals surface area (Å²) in [6.07, 6.45) is 0. The van der Waals surface area contributed by atoms with Gasteiger partial charge in [-0.1, -0.05) is 23.2 Å². The summed E-state index contributed by atoms with van der Waals surface area (Å²) in [5.74, 6) is -0.410. The van der Waals surface area contributed by atoms with Gasteiger partial charge in [0.15, 0.2) is 5.78 Å². The monoisotopic (exact) mass is 352 g/mol. The molecule has 21 heavy (non-hydrogen) atoms. The molecule has 0 aliphatic carbocycles. The molecule has 0 saturated heterocycles. The summed E-state index contributed by atoms with van der Waals surface area (Å²) in [4.78, 5) is 11.8. The average molecular weight is 353 g/mol. The number of halogens is 2. The van der Waals surface area contributed by atoms with Crippen LogP contribution in [0.1, 0.15) is 15.9 Å². The third-order valence-electron chi connectivity index (χ3n) is 2.58. The molecule has 2 aromatic rings. The minimum atomic E-state index is -4.53. The van der Waals surface area contributed by atoms with Gasteiger partial charge in [-0.15, -0.1) is 0 Å². The number of carbonyl (C=O) groups excluding carboxylic acids is 1. The molecule has 0 aliphatic heterocycles. The smallest absolute Gasteiger partial charge is 0.744 e. The minimum absolute atomic E-state index is 0. The van der Waals surface area contributed by atoms with Gasteiger partial charge in [-0.2, -0.15) is 0 Å². The number of carbonyl (C=O) groups is 1. The summed E-state index contributed by atoms with van der Waals surface area (Å²) in [6.45, 7) is 0. The SMILES string of the molecule is O=C(c1ccc(S(=O)(=O)[O-])cc1)c1cc(Cl)ccc1Cl.[Na+]. The van der Waals surface area contributed by atoms with E-state index in [9.17, 15) is 17.8 Å². The summed E-state index contributed by atoms with van der Waals surface area (Å²) in [5.41, 5.74) is 0.415. The summed E-state index contributed by atoms with van der Waals surface area (Å²) < 4.78 is 32.4. The zero-order valence-electron chi connectivity index (χ0n) is 10.8. The normalized spacial score (nSPS) is 10.8. The summed E-state index contributed by atoms with van der Waals surface area (Å²) in [7, 11) is -4.53. The predicted molar refractivity (Wildman–Crippen MR) is 74.3 cm³/mol. The van der Waals surface area contributed by atoms with Crippen molar-refractivity contribution in [2.45, 2.75) is 4.90 Å². The van der Waals surface area contributed by atoms with E-state index in [1.165, 1.54) is 24.3 Å². The fourth-order valence-corrected chi connectivity index (χ4v) is 2.44. The van der Waals surface area contributed by atoms with Crippen LogP contribution in [0.2, 0.25) is 10.0 Å². The first kappa shape index (κ1) is 18.6. The Hall–Kier alpha value is -0.400.